The molecule has 0 amide bonds. The Balaban J connectivity index is -0.000000175. The first-order valence-corrected chi connectivity index (χ1v) is 4.80. The average molecular weight is 177 g/mol. The van der Waals surface area contributed by atoms with Crippen molar-refractivity contribution in [3.05, 3.63) is 0 Å². The molecule has 0 aliphatic heterocycles. The van der Waals surface area contributed by atoms with Gasteiger partial charge < -0.3 is 10.0 Å². The van der Waals surface area contributed by atoms with E-state index >= 15 is 0 Å². The number of hydrogen-bond acceptors (Lipinski definition) is 2. The lowest BCUT2D eigenvalue weighted by molar-refractivity contribution is 0.310. The van der Waals surface area contributed by atoms with E-state index in [0.29, 0.717) is 0 Å². The average Bonchev–Trinajstić information content (AvgIpc) is 2.10. The summed E-state index contributed by atoms with van der Waals surface area (Å²) >= 11 is 0. The van der Waals surface area contributed by atoms with Crippen molar-refractivity contribution < 1.29 is 5.11 Å². The van der Waals surface area contributed by atoms with Crippen LogP contribution >= 0.6 is 0 Å². The second-order valence-electron chi connectivity index (χ2n) is 2.75. The van der Waals surface area contributed by atoms with Crippen LogP contribution in [0.3, 0.4) is 0 Å². The van der Waals surface area contributed by atoms with Gasteiger partial charge in [-0.15, -0.1) is 0 Å². The van der Waals surface area contributed by atoms with E-state index in [1.807, 2.05) is 13.8 Å². The van der Waals surface area contributed by atoms with Crippen LogP contribution in [-0.2, 0) is 0 Å². The van der Waals surface area contributed by atoms with E-state index in [1.165, 1.54) is 6.54 Å². The maximum absolute atomic E-state index is 7.00. The molecule has 0 radical (unpaired) electrons. The van der Waals surface area contributed by atoms with Crippen LogP contribution in [0.5, 0.6) is 0 Å². The van der Waals surface area contributed by atoms with Crippen molar-refractivity contribution >= 4 is 0 Å². The van der Waals surface area contributed by atoms with Crippen molar-refractivity contribution in [3.8, 4) is 0 Å². The predicted molar refractivity (Wildman–Crippen MR) is 57.5 cm³/mol. The largest absolute Gasteiger partial charge is 0.400 e. The summed E-state index contributed by atoms with van der Waals surface area (Å²) in [5, 5.41) is 7.00. The number of aliphatic hydroxyl groups is 1. The molecule has 0 rings (SSSR count). The lowest BCUT2D eigenvalue weighted by Gasteiger charge is -2.15. The van der Waals surface area contributed by atoms with Gasteiger partial charge in [-0.2, -0.15) is 0 Å². The molecule has 12 heavy (non-hydrogen) atoms. The molecular weight excluding hydrogens is 150 g/mol. The standard InChI is InChI=1S/C7H17N.C2H6.CH4O/c1-5-8(4)6-7(2)3;2*1-2/h7H,5-6H2,1-4H3;1-2H3;2H,1H3. The smallest absolute Gasteiger partial charge is 0.0319 e. The molecule has 2 heteroatoms. The zero-order valence-corrected chi connectivity index (χ0v) is 9.89. The van der Waals surface area contributed by atoms with Crippen molar-refractivity contribution in [1.82, 2.24) is 4.90 Å². The first-order chi connectivity index (χ1) is 5.66. The van der Waals surface area contributed by atoms with Crippen LogP contribution in [0.2, 0.25) is 0 Å². The molecule has 0 spiro atoms. The molecule has 78 valence electrons. The minimum atomic E-state index is 0.806. The van der Waals surface area contributed by atoms with Crippen LogP contribution in [0.15, 0.2) is 0 Å². The Morgan fingerprint density at radius 2 is 1.50 bits per heavy atom. The second-order valence-corrected chi connectivity index (χ2v) is 2.75. The van der Waals surface area contributed by atoms with Crippen molar-refractivity contribution in [2.24, 2.45) is 5.92 Å². The van der Waals surface area contributed by atoms with Gasteiger partial charge in [0.05, 0.1) is 0 Å². The predicted octanol–water partition coefficient (Wildman–Crippen LogP) is 2.23. The van der Waals surface area contributed by atoms with Gasteiger partial charge in [0.15, 0.2) is 0 Å². The Labute approximate surface area is 78.6 Å². The molecule has 0 aliphatic carbocycles. The Morgan fingerprint density at radius 1 is 1.17 bits per heavy atom. The van der Waals surface area contributed by atoms with Crippen molar-refractivity contribution in [2.45, 2.75) is 34.6 Å². The zero-order chi connectivity index (χ0) is 10.6. The highest BCUT2D eigenvalue weighted by atomic mass is 16.2. The third-order valence-electron chi connectivity index (χ3n) is 1.22. The highest BCUT2D eigenvalue weighted by Gasteiger charge is 1.95. The van der Waals surface area contributed by atoms with Gasteiger partial charge in [0.25, 0.3) is 0 Å². The molecule has 0 fully saturated rings. The van der Waals surface area contributed by atoms with Crippen molar-refractivity contribution in [1.29, 1.82) is 0 Å². The maximum atomic E-state index is 7.00. The molecule has 0 unspecified atom stereocenters. The fraction of sp³-hybridized carbons (Fsp3) is 1.00. The van der Waals surface area contributed by atoms with Gasteiger partial charge in [-0.25, -0.2) is 0 Å². The number of hydrogen-bond donors (Lipinski definition) is 1. The first kappa shape index (κ1) is 17.9. The Hall–Kier alpha value is -0.0800. The van der Waals surface area contributed by atoms with Crippen LogP contribution in [0, 0.1) is 5.92 Å². The summed E-state index contributed by atoms with van der Waals surface area (Å²) in [6.07, 6.45) is 0. The summed E-state index contributed by atoms with van der Waals surface area (Å²) in [6, 6.07) is 0. The summed E-state index contributed by atoms with van der Waals surface area (Å²) in [7, 11) is 3.15. The highest BCUT2D eigenvalue weighted by Crippen LogP contribution is 1.93. The van der Waals surface area contributed by atoms with Crippen molar-refractivity contribution in [2.75, 3.05) is 27.2 Å². The third-order valence-corrected chi connectivity index (χ3v) is 1.22. The lowest BCUT2D eigenvalue weighted by atomic mass is 10.2. The van der Waals surface area contributed by atoms with Gasteiger partial charge in [-0.3, -0.25) is 0 Å². The van der Waals surface area contributed by atoms with E-state index in [-0.39, 0.29) is 0 Å². The number of aliphatic hydroxyl groups excluding tert-OH is 1. The minimum Gasteiger partial charge on any atom is -0.400 e. The lowest BCUT2D eigenvalue weighted by Crippen LogP contribution is -2.22. The molecule has 0 saturated heterocycles. The summed E-state index contributed by atoms with van der Waals surface area (Å²) in [4.78, 5) is 2.32. The molecule has 0 aromatic carbocycles. The summed E-state index contributed by atoms with van der Waals surface area (Å²) < 4.78 is 0. The summed E-state index contributed by atoms with van der Waals surface area (Å²) in [5.74, 6) is 0.806. The van der Waals surface area contributed by atoms with Gasteiger partial charge in [-0.1, -0.05) is 34.6 Å². The number of rotatable bonds is 3. The van der Waals surface area contributed by atoms with E-state index in [1.54, 1.807) is 0 Å². The summed E-state index contributed by atoms with van der Waals surface area (Å²) in [6.45, 7) is 13.1. The zero-order valence-electron chi connectivity index (χ0n) is 9.89. The molecule has 0 atom stereocenters. The van der Waals surface area contributed by atoms with Gasteiger partial charge in [0, 0.05) is 13.7 Å². The monoisotopic (exact) mass is 177 g/mol. The molecule has 2 nitrogen and oxygen atoms in total. The molecule has 0 bridgehead atoms. The van der Waals surface area contributed by atoms with Gasteiger partial charge in [0.1, 0.15) is 0 Å². The molecule has 0 heterocycles. The SMILES string of the molecule is CC.CCN(C)CC(C)C.CO. The van der Waals surface area contributed by atoms with Crippen LogP contribution in [0.4, 0.5) is 0 Å². The van der Waals surface area contributed by atoms with Gasteiger partial charge >= 0.3 is 0 Å². The normalized spacial score (nSPS) is 8.50. The summed E-state index contributed by atoms with van der Waals surface area (Å²) in [5.41, 5.74) is 0. The van der Waals surface area contributed by atoms with E-state index < -0.39 is 0 Å². The van der Waals surface area contributed by atoms with Crippen LogP contribution in [0.25, 0.3) is 0 Å². The Bertz CT molecular complexity index is 55.8. The molecule has 0 aromatic heterocycles. The molecule has 0 aliphatic rings. The first-order valence-electron chi connectivity index (χ1n) is 4.80. The highest BCUT2D eigenvalue weighted by molar-refractivity contribution is 4.50. The maximum Gasteiger partial charge on any atom is 0.0319 e. The van der Waals surface area contributed by atoms with Gasteiger partial charge in [-0.05, 0) is 19.5 Å². The second kappa shape index (κ2) is 17.1. The van der Waals surface area contributed by atoms with Crippen LogP contribution in [0.1, 0.15) is 34.6 Å². The Morgan fingerprint density at radius 3 is 1.58 bits per heavy atom. The minimum absolute atomic E-state index is 0.806. The fourth-order valence-electron chi connectivity index (χ4n) is 0.752. The molecule has 1 N–H and O–H groups in total. The van der Waals surface area contributed by atoms with E-state index in [9.17, 15) is 0 Å². The number of nitrogens with zero attached hydrogens (tertiary/aromatic N) is 1. The van der Waals surface area contributed by atoms with E-state index in [4.69, 9.17) is 5.11 Å². The van der Waals surface area contributed by atoms with E-state index in [0.717, 1.165) is 19.6 Å². The topological polar surface area (TPSA) is 23.5 Å². The van der Waals surface area contributed by atoms with Crippen LogP contribution in [-0.4, -0.2) is 37.3 Å². The van der Waals surface area contributed by atoms with Gasteiger partial charge in [0.2, 0.25) is 0 Å². The quantitative estimate of drug-likeness (QED) is 0.714. The molecule has 0 aromatic rings. The van der Waals surface area contributed by atoms with Crippen LogP contribution < -0.4 is 0 Å². The van der Waals surface area contributed by atoms with Crippen molar-refractivity contribution in [3.63, 3.8) is 0 Å². The molecular formula is C10H27NO. The molecule has 0 saturated carbocycles. The van der Waals surface area contributed by atoms with E-state index in [2.05, 4.69) is 32.7 Å². The fourth-order valence-corrected chi connectivity index (χ4v) is 0.752. The third kappa shape index (κ3) is 22.5. The Kier molecular flexibility index (Phi) is 25.5.